The third-order valence-electron chi connectivity index (χ3n) is 6.99. The molecule has 3 heterocycles. The second kappa shape index (κ2) is 13.8. The number of carbonyl (C=O) groups is 1. The number of aliphatic hydroxyl groups excluding tert-OH is 10. The van der Waals surface area contributed by atoms with Gasteiger partial charge in [0.15, 0.2) is 6.29 Å². The topological polar surface area (TPSA) is 287 Å². The van der Waals surface area contributed by atoms with Crippen LogP contribution in [0.4, 0.5) is 4.79 Å². The highest BCUT2D eigenvalue weighted by Gasteiger charge is 2.62. The third-order valence-corrected chi connectivity index (χ3v) is 6.99. The Bertz CT molecular complexity index is 822. The van der Waals surface area contributed by atoms with Crippen LogP contribution in [0, 0.1) is 0 Å². The molecule has 18 heteroatoms. The molecule has 3 saturated heterocycles. The molecule has 3 aliphatic rings. The van der Waals surface area contributed by atoms with E-state index in [0.29, 0.717) is 13.0 Å². The fraction of sp³-hybridized carbons (Fsp3) is 0.955. The molecule has 0 bridgehead atoms. The van der Waals surface area contributed by atoms with Gasteiger partial charge < -0.3 is 84.8 Å². The van der Waals surface area contributed by atoms with Gasteiger partial charge in [-0.1, -0.05) is 6.92 Å². The normalized spacial score (nSPS) is 45.5. The first-order chi connectivity index (χ1) is 18.9. The van der Waals surface area contributed by atoms with E-state index in [2.05, 4.69) is 5.32 Å². The monoisotopic (exact) mass is 589 g/mol. The Balaban J connectivity index is 1.87. The maximum atomic E-state index is 11.9. The van der Waals surface area contributed by atoms with Crippen molar-refractivity contribution < 1.29 is 84.3 Å². The second-order valence-electron chi connectivity index (χ2n) is 9.78. The van der Waals surface area contributed by atoms with Crippen LogP contribution in [0.3, 0.4) is 0 Å². The van der Waals surface area contributed by atoms with Crippen LogP contribution < -0.4 is 5.32 Å². The van der Waals surface area contributed by atoms with Crippen LogP contribution in [0.25, 0.3) is 0 Å². The number of amides is 1. The van der Waals surface area contributed by atoms with E-state index in [0.717, 1.165) is 0 Å². The number of carbonyl (C=O) groups excluding carboxylic acids is 1. The zero-order valence-corrected chi connectivity index (χ0v) is 21.6. The van der Waals surface area contributed by atoms with Gasteiger partial charge in [-0.3, -0.25) is 0 Å². The quantitative estimate of drug-likeness (QED) is 0.101. The number of ether oxygens (including phenoxy) is 6. The molecule has 0 aromatic carbocycles. The summed E-state index contributed by atoms with van der Waals surface area (Å²) in [7, 11) is 0. The van der Waals surface area contributed by atoms with Crippen LogP contribution >= 0.6 is 0 Å². The van der Waals surface area contributed by atoms with E-state index in [-0.39, 0.29) is 0 Å². The zero-order valence-electron chi connectivity index (χ0n) is 21.6. The number of hydrogen-bond donors (Lipinski definition) is 11. The molecule has 3 rings (SSSR count). The van der Waals surface area contributed by atoms with Crippen molar-refractivity contribution in [2.75, 3.05) is 39.6 Å². The Morgan fingerprint density at radius 1 is 0.800 bits per heavy atom. The van der Waals surface area contributed by atoms with Gasteiger partial charge in [-0.15, -0.1) is 0 Å². The highest BCUT2D eigenvalue weighted by molar-refractivity contribution is 5.67. The fourth-order valence-corrected chi connectivity index (χ4v) is 4.56. The number of hydrogen-bond acceptors (Lipinski definition) is 17. The van der Waals surface area contributed by atoms with Gasteiger partial charge in [0.25, 0.3) is 0 Å². The van der Waals surface area contributed by atoms with E-state index >= 15 is 0 Å². The van der Waals surface area contributed by atoms with Gasteiger partial charge in [0.1, 0.15) is 80.9 Å². The lowest BCUT2D eigenvalue weighted by atomic mass is 9.99. The van der Waals surface area contributed by atoms with Gasteiger partial charge in [0, 0.05) is 6.54 Å². The Morgan fingerprint density at radius 3 is 1.98 bits per heavy atom. The summed E-state index contributed by atoms with van der Waals surface area (Å²) in [5.74, 6) is -4.95. The third kappa shape index (κ3) is 6.51. The standard InChI is InChI=1S/C22H39NO17/c1-2-3-23-20(34)35-6-11-14(29)18(33)22(39-11,40-19-16(31)15(30)12(27)9(4-24)37-19)8-36-21(7-26)17(32)13(28)10(5-25)38-21/h9-19,24-33H,2-8H2,1H3,(H,23,34)/t9?,10-,11-,12-,13?,14?,15+,16?,17-,18-,19-,21-,22+/m1/s1. The molecule has 0 aromatic rings. The molecule has 234 valence electrons. The lowest BCUT2D eigenvalue weighted by Crippen LogP contribution is -2.63. The highest BCUT2D eigenvalue weighted by atomic mass is 16.8. The summed E-state index contributed by atoms with van der Waals surface area (Å²) in [6.45, 7) is -2.23. The first-order valence-electron chi connectivity index (χ1n) is 12.7. The molecule has 4 unspecified atom stereocenters. The van der Waals surface area contributed by atoms with Crippen molar-refractivity contribution in [2.45, 2.75) is 92.2 Å². The Morgan fingerprint density at radius 2 is 1.40 bits per heavy atom. The van der Waals surface area contributed by atoms with Crippen LogP contribution in [0.1, 0.15) is 13.3 Å². The molecule has 0 saturated carbocycles. The molecule has 0 radical (unpaired) electrons. The van der Waals surface area contributed by atoms with Crippen molar-refractivity contribution in [3.63, 3.8) is 0 Å². The zero-order chi connectivity index (χ0) is 29.8. The molecule has 0 aromatic heterocycles. The van der Waals surface area contributed by atoms with Crippen LogP contribution in [0.2, 0.25) is 0 Å². The molecule has 3 fully saturated rings. The number of aliphatic hydroxyl groups is 10. The second-order valence-corrected chi connectivity index (χ2v) is 9.78. The SMILES string of the molecule is CCCNC(=O)OC[C@H]1O[C@@](CO[C@]2(CO)O[C@H](CO)C(O)[C@H]2O)(O[C@H]2OC(CO)[C@@H](O)[C@H](O)C2O)[C@H](O)C1O. The molecular weight excluding hydrogens is 550 g/mol. The maximum absolute atomic E-state index is 11.9. The maximum Gasteiger partial charge on any atom is 0.407 e. The highest BCUT2D eigenvalue weighted by Crippen LogP contribution is 2.40. The van der Waals surface area contributed by atoms with E-state index < -0.39 is 118 Å². The molecule has 40 heavy (non-hydrogen) atoms. The van der Waals surface area contributed by atoms with E-state index in [1.807, 2.05) is 0 Å². The molecule has 11 N–H and O–H groups in total. The van der Waals surface area contributed by atoms with Crippen molar-refractivity contribution in [3.05, 3.63) is 0 Å². The fourth-order valence-electron chi connectivity index (χ4n) is 4.56. The van der Waals surface area contributed by atoms with Crippen molar-refractivity contribution >= 4 is 6.09 Å². The van der Waals surface area contributed by atoms with E-state index in [9.17, 15) is 55.9 Å². The average Bonchev–Trinajstić information content (AvgIpc) is 3.34. The Kier molecular flexibility index (Phi) is 11.4. The van der Waals surface area contributed by atoms with Crippen LogP contribution in [-0.2, 0) is 28.4 Å². The van der Waals surface area contributed by atoms with Gasteiger partial charge in [0.2, 0.25) is 11.6 Å². The summed E-state index contributed by atoms with van der Waals surface area (Å²) < 4.78 is 32.5. The van der Waals surface area contributed by atoms with Gasteiger partial charge in [-0.2, -0.15) is 0 Å². The summed E-state index contributed by atoms with van der Waals surface area (Å²) in [5.41, 5.74) is 0. The van der Waals surface area contributed by atoms with Crippen molar-refractivity contribution in [3.8, 4) is 0 Å². The summed E-state index contributed by atoms with van der Waals surface area (Å²) >= 11 is 0. The summed E-state index contributed by atoms with van der Waals surface area (Å²) in [6.07, 6.45) is -19.7. The first-order valence-corrected chi connectivity index (χ1v) is 12.7. The van der Waals surface area contributed by atoms with Gasteiger partial charge in [0.05, 0.1) is 13.2 Å². The average molecular weight is 590 g/mol. The lowest BCUT2D eigenvalue weighted by molar-refractivity contribution is -0.399. The Hall–Kier alpha value is -1.33. The minimum absolute atomic E-state index is 0.291. The largest absolute Gasteiger partial charge is 0.447 e. The van der Waals surface area contributed by atoms with Gasteiger partial charge in [-0.05, 0) is 6.42 Å². The lowest BCUT2D eigenvalue weighted by Gasteiger charge is -2.44. The molecule has 3 aliphatic heterocycles. The number of nitrogens with one attached hydrogen (secondary N) is 1. The smallest absolute Gasteiger partial charge is 0.407 e. The van der Waals surface area contributed by atoms with Crippen molar-refractivity contribution in [1.29, 1.82) is 0 Å². The van der Waals surface area contributed by atoms with Gasteiger partial charge >= 0.3 is 6.09 Å². The van der Waals surface area contributed by atoms with Crippen LogP contribution in [-0.4, -0.2) is 176 Å². The van der Waals surface area contributed by atoms with E-state index in [1.54, 1.807) is 6.92 Å². The molecule has 13 atom stereocenters. The minimum atomic E-state index is -2.56. The summed E-state index contributed by atoms with van der Waals surface area (Å²) in [4.78, 5) is 11.9. The van der Waals surface area contributed by atoms with Crippen LogP contribution in [0.15, 0.2) is 0 Å². The van der Waals surface area contributed by atoms with Gasteiger partial charge in [-0.25, -0.2) is 4.79 Å². The van der Waals surface area contributed by atoms with Crippen molar-refractivity contribution in [2.24, 2.45) is 0 Å². The van der Waals surface area contributed by atoms with Crippen molar-refractivity contribution in [1.82, 2.24) is 5.32 Å². The summed E-state index contributed by atoms with van der Waals surface area (Å²) in [6, 6.07) is 0. The van der Waals surface area contributed by atoms with E-state index in [1.165, 1.54) is 0 Å². The Labute approximate surface area is 228 Å². The first kappa shape index (κ1) is 33.2. The number of rotatable bonds is 12. The van der Waals surface area contributed by atoms with Crippen LogP contribution in [0.5, 0.6) is 0 Å². The molecule has 1 amide bonds. The predicted molar refractivity (Wildman–Crippen MR) is 124 cm³/mol. The predicted octanol–water partition coefficient (Wildman–Crippen LogP) is -6.43. The van der Waals surface area contributed by atoms with E-state index in [4.69, 9.17) is 28.4 Å². The number of alkyl carbamates (subject to hydrolysis) is 1. The molecule has 18 nitrogen and oxygen atoms in total. The minimum Gasteiger partial charge on any atom is -0.447 e. The summed E-state index contributed by atoms with van der Waals surface area (Å²) in [5, 5.41) is 104. The molecule has 0 spiro atoms. The molecule has 0 aliphatic carbocycles. The molecular formula is C22H39NO17.